The first-order chi connectivity index (χ1) is 27.8. The average Bonchev–Trinajstić information content (AvgIpc) is 3.20. The number of unbranched alkanes of at least 4 members (excludes halogenated alkanes) is 13. The van der Waals surface area contributed by atoms with Crippen molar-refractivity contribution in [3.8, 4) is 0 Å². The molecule has 0 saturated carbocycles. The molecule has 0 aromatic carbocycles. The maximum absolute atomic E-state index is 12.6. The SMILES string of the molecule is CCC=CCC=CCC=CCC=CCC=CCCCCCC(=O)OC[C@H](COP(=O)(O)OCCN)OC(=O)CCCCCCCCCC=CCC=CCCCCC. The summed E-state index contributed by atoms with van der Waals surface area (Å²) in [5.74, 6) is -0.883. The molecule has 9 nitrogen and oxygen atoms in total. The summed E-state index contributed by atoms with van der Waals surface area (Å²) < 4.78 is 32.8. The van der Waals surface area contributed by atoms with E-state index in [2.05, 4.69) is 98.9 Å². The van der Waals surface area contributed by atoms with Crippen molar-refractivity contribution in [3.63, 3.8) is 0 Å². The minimum Gasteiger partial charge on any atom is -0.462 e. The molecule has 1 unspecified atom stereocenters. The fourth-order valence-electron chi connectivity index (χ4n) is 5.51. The standard InChI is InChI=1S/C47H80NO8P/c1-3-5-7-9-11-13-15-17-19-21-22-24-25-27-29-31-33-35-37-39-46(49)53-43-45(44-55-57(51,52)54-42-41-48)56-47(50)40-38-36-34-32-30-28-26-23-20-18-16-14-12-10-8-6-4-2/h5,7,11-14,17-20,22,24,27,29,45H,3-4,6,8-10,15-16,21,23,25-26,28,30-44,48H2,1-2H3,(H,51,52)/t45-/m1/s1. The highest BCUT2D eigenvalue weighted by molar-refractivity contribution is 7.47. The van der Waals surface area contributed by atoms with Crippen molar-refractivity contribution < 1.29 is 37.6 Å². The van der Waals surface area contributed by atoms with Crippen LogP contribution in [0.3, 0.4) is 0 Å². The highest BCUT2D eigenvalue weighted by Gasteiger charge is 2.26. The number of phosphoric ester groups is 1. The number of esters is 2. The Balaban J connectivity index is 4.24. The summed E-state index contributed by atoms with van der Waals surface area (Å²) in [5.41, 5.74) is 5.35. The lowest BCUT2D eigenvalue weighted by molar-refractivity contribution is -0.161. The van der Waals surface area contributed by atoms with Gasteiger partial charge in [-0.15, -0.1) is 0 Å². The third kappa shape index (κ3) is 42.6. The number of rotatable bonds is 40. The first-order valence-electron chi connectivity index (χ1n) is 22.1. The van der Waals surface area contributed by atoms with Gasteiger partial charge in [-0.1, -0.05) is 150 Å². The monoisotopic (exact) mass is 818 g/mol. The third-order valence-corrected chi connectivity index (χ3v) is 9.75. The zero-order chi connectivity index (χ0) is 41.8. The van der Waals surface area contributed by atoms with Gasteiger partial charge in [-0.2, -0.15) is 0 Å². The lowest BCUT2D eigenvalue weighted by Gasteiger charge is -2.19. The minimum atomic E-state index is -4.39. The largest absolute Gasteiger partial charge is 0.472 e. The van der Waals surface area contributed by atoms with E-state index < -0.39 is 32.5 Å². The van der Waals surface area contributed by atoms with E-state index >= 15 is 0 Å². The van der Waals surface area contributed by atoms with Crippen LogP contribution in [0.25, 0.3) is 0 Å². The summed E-state index contributed by atoms with van der Waals surface area (Å²) in [7, 11) is -4.39. The zero-order valence-electron chi connectivity index (χ0n) is 35.8. The Hall–Kier alpha value is -2.81. The molecule has 0 bridgehead atoms. The van der Waals surface area contributed by atoms with Crippen LogP contribution < -0.4 is 5.73 Å². The van der Waals surface area contributed by atoms with Gasteiger partial charge in [-0.3, -0.25) is 18.6 Å². The van der Waals surface area contributed by atoms with Crippen molar-refractivity contribution in [2.24, 2.45) is 5.73 Å². The molecular formula is C47H80NO8P. The smallest absolute Gasteiger partial charge is 0.462 e. The number of phosphoric acid groups is 1. The van der Waals surface area contributed by atoms with Gasteiger partial charge in [-0.25, -0.2) is 4.57 Å². The molecule has 0 aliphatic heterocycles. The van der Waals surface area contributed by atoms with Crippen molar-refractivity contribution in [2.45, 2.75) is 174 Å². The molecule has 0 radical (unpaired) electrons. The molecule has 0 amide bonds. The van der Waals surface area contributed by atoms with Crippen molar-refractivity contribution in [1.82, 2.24) is 0 Å². The Morgan fingerprint density at radius 2 is 0.965 bits per heavy atom. The number of hydrogen-bond acceptors (Lipinski definition) is 8. The third-order valence-electron chi connectivity index (χ3n) is 8.77. The van der Waals surface area contributed by atoms with Crippen LogP contribution in [0.15, 0.2) is 85.1 Å². The first kappa shape index (κ1) is 54.2. The molecule has 0 aliphatic carbocycles. The van der Waals surface area contributed by atoms with Gasteiger partial charge < -0.3 is 20.1 Å². The molecule has 3 N–H and O–H groups in total. The van der Waals surface area contributed by atoms with Gasteiger partial charge in [0.15, 0.2) is 6.10 Å². The van der Waals surface area contributed by atoms with Crippen LogP contribution >= 0.6 is 7.82 Å². The van der Waals surface area contributed by atoms with Gasteiger partial charge in [0.2, 0.25) is 0 Å². The van der Waals surface area contributed by atoms with Crippen LogP contribution in [0.4, 0.5) is 0 Å². The summed E-state index contributed by atoms with van der Waals surface area (Å²) in [6.07, 6.45) is 53.2. The normalized spacial score (nSPS) is 14.1. The molecule has 326 valence electrons. The summed E-state index contributed by atoms with van der Waals surface area (Å²) in [6, 6.07) is 0. The molecule has 0 aliphatic rings. The maximum Gasteiger partial charge on any atom is 0.472 e. The molecule has 0 aromatic rings. The van der Waals surface area contributed by atoms with Crippen molar-refractivity contribution in [2.75, 3.05) is 26.4 Å². The van der Waals surface area contributed by atoms with Crippen molar-refractivity contribution >= 4 is 19.8 Å². The van der Waals surface area contributed by atoms with E-state index in [4.69, 9.17) is 24.3 Å². The Morgan fingerprint density at radius 3 is 1.46 bits per heavy atom. The summed E-state index contributed by atoms with van der Waals surface area (Å²) >= 11 is 0. The molecular weight excluding hydrogens is 737 g/mol. The predicted octanol–water partition coefficient (Wildman–Crippen LogP) is 12.8. The molecule has 0 heterocycles. The highest BCUT2D eigenvalue weighted by atomic mass is 31.2. The predicted molar refractivity (Wildman–Crippen MR) is 238 cm³/mol. The lowest BCUT2D eigenvalue weighted by Crippen LogP contribution is -2.29. The molecule has 0 fully saturated rings. The highest BCUT2D eigenvalue weighted by Crippen LogP contribution is 2.43. The maximum atomic E-state index is 12.6. The van der Waals surface area contributed by atoms with Gasteiger partial charge in [-0.05, 0) is 89.9 Å². The molecule has 0 rings (SSSR count). The van der Waals surface area contributed by atoms with Crippen molar-refractivity contribution in [3.05, 3.63) is 85.1 Å². The van der Waals surface area contributed by atoms with E-state index in [1.165, 1.54) is 44.9 Å². The average molecular weight is 818 g/mol. The van der Waals surface area contributed by atoms with Crippen LogP contribution in [-0.2, 0) is 32.7 Å². The summed E-state index contributed by atoms with van der Waals surface area (Å²) in [4.78, 5) is 34.9. The number of carbonyl (C=O) groups excluding carboxylic acids is 2. The van der Waals surface area contributed by atoms with E-state index in [0.29, 0.717) is 12.8 Å². The van der Waals surface area contributed by atoms with E-state index in [1.54, 1.807) is 0 Å². The van der Waals surface area contributed by atoms with Crippen LogP contribution in [0.5, 0.6) is 0 Å². The van der Waals surface area contributed by atoms with E-state index in [0.717, 1.165) is 83.5 Å². The number of allylic oxidation sites excluding steroid dienone is 14. The Bertz CT molecular complexity index is 1210. The second kappa shape index (κ2) is 42.8. The lowest BCUT2D eigenvalue weighted by atomic mass is 10.1. The molecule has 57 heavy (non-hydrogen) atoms. The van der Waals surface area contributed by atoms with Gasteiger partial charge in [0, 0.05) is 19.4 Å². The van der Waals surface area contributed by atoms with Crippen molar-refractivity contribution in [1.29, 1.82) is 0 Å². The second-order valence-corrected chi connectivity index (χ2v) is 15.6. The summed E-state index contributed by atoms with van der Waals surface area (Å²) in [5, 5.41) is 0. The Morgan fingerprint density at radius 1 is 0.544 bits per heavy atom. The number of carbonyl (C=O) groups is 2. The van der Waals surface area contributed by atoms with E-state index in [9.17, 15) is 19.0 Å². The van der Waals surface area contributed by atoms with Crippen LogP contribution in [0.1, 0.15) is 168 Å². The van der Waals surface area contributed by atoms with Gasteiger partial charge >= 0.3 is 19.8 Å². The second-order valence-electron chi connectivity index (χ2n) is 14.2. The Labute approximate surface area is 347 Å². The zero-order valence-corrected chi connectivity index (χ0v) is 36.7. The summed E-state index contributed by atoms with van der Waals surface area (Å²) in [6.45, 7) is 3.53. The van der Waals surface area contributed by atoms with Crippen LogP contribution in [0, 0.1) is 0 Å². The fourth-order valence-corrected chi connectivity index (χ4v) is 6.28. The van der Waals surface area contributed by atoms with Gasteiger partial charge in [0.25, 0.3) is 0 Å². The number of ether oxygens (including phenoxy) is 2. The Kier molecular flexibility index (Phi) is 40.7. The molecule has 10 heteroatoms. The van der Waals surface area contributed by atoms with Gasteiger partial charge in [0.1, 0.15) is 6.61 Å². The topological polar surface area (TPSA) is 134 Å². The van der Waals surface area contributed by atoms with Crippen LogP contribution in [0.2, 0.25) is 0 Å². The molecule has 2 atom stereocenters. The quantitative estimate of drug-likeness (QED) is 0.0268. The number of hydrogen-bond donors (Lipinski definition) is 2. The minimum absolute atomic E-state index is 0.0426. The fraction of sp³-hybridized carbons (Fsp3) is 0.660. The molecule has 0 aromatic heterocycles. The van der Waals surface area contributed by atoms with Crippen LogP contribution in [-0.4, -0.2) is 49.3 Å². The molecule has 0 spiro atoms. The van der Waals surface area contributed by atoms with E-state index in [-0.39, 0.29) is 32.6 Å². The number of nitrogens with two attached hydrogens (primary N) is 1. The molecule has 0 saturated heterocycles. The first-order valence-corrected chi connectivity index (χ1v) is 23.6. The van der Waals surface area contributed by atoms with Gasteiger partial charge in [0.05, 0.1) is 13.2 Å². The van der Waals surface area contributed by atoms with E-state index in [1.807, 2.05) is 0 Å².